The summed E-state index contributed by atoms with van der Waals surface area (Å²) in [6.45, 7) is 0. The molecular formula is C16H11N3O2. The molecule has 1 fully saturated rings. The van der Waals surface area contributed by atoms with Crippen LogP contribution < -0.4 is 5.32 Å². The highest BCUT2D eigenvalue weighted by Crippen LogP contribution is 2.53. The largest absolute Gasteiger partial charge is 0.366 e. The predicted molar refractivity (Wildman–Crippen MR) is 75.4 cm³/mol. The lowest BCUT2D eigenvalue weighted by molar-refractivity contribution is 0.0345. The molecule has 1 saturated heterocycles. The van der Waals surface area contributed by atoms with Crippen molar-refractivity contribution in [1.82, 2.24) is 10.0 Å². The summed E-state index contributed by atoms with van der Waals surface area (Å²) in [6.07, 6.45) is 0.00427. The summed E-state index contributed by atoms with van der Waals surface area (Å²) in [5.74, 6) is -0.464. The standard InChI is InChI=1S/C16H11N3O2/c20-15-9-5-1-2-6-10(9)16(21)19(15)18-13-11-7-3-4-8-12(11)17-14(13)18/h1-8,13-14,17H. The van der Waals surface area contributed by atoms with Gasteiger partial charge in [0.05, 0.1) is 17.2 Å². The molecule has 2 amide bonds. The van der Waals surface area contributed by atoms with Crippen molar-refractivity contribution in [3.05, 3.63) is 65.2 Å². The Morgan fingerprint density at radius 3 is 2.19 bits per heavy atom. The van der Waals surface area contributed by atoms with Crippen molar-refractivity contribution < 1.29 is 9.59 Å². The molecule has 3 unspecified atom stereocenters. The number of fused-ring (bicyclic) bond motifs is 4. The van der Waals surface area contributed by atoms with Gasteiger partial charge in [0.15, 0.2) is 0 Å². The second-order valence-electron chi connectivity index (χ2n) is 5.47. The maximum Gasteiger partial charge on any atom is 0.276 e. The quantitative estimate of drug-likeness (QED) is 0.640. The number of carbonyl (C=O) groups is 2. The SMILES string of the molecule is O=C1c2ccccc2C(=O)N1N1C2Nc3ccccc3C21. The van der Waals surface area contributed by atoms with E-state index in [-0.39, 0.29) is 24.0 Å². The van der Waals surface area contributed by atoms with Crippen molar-refractivity contribution in [2.24, 2.45) is 0 Å². The molecular weight excluding hydrogens is 266 g/mol. The summed E-state index contributed by atoms with van der Waals surface area (Å²) < 4.78 is 0. The number of imide groups is 1. The fourth-order valence-electron chi connectivity index (χ4n) is 3.36. The van der Waals surface area contributed by atoms with E-state index in [9.17, 15) is 9.59 Å². The average molecular weight is 277 g/mol. The van der Waals surface area contributed by atoms with E-state index in [2.05, 4.69) is 5.32 Å². The molecule has 3 aliphatic heterocycles. The van der Waals surface area contributed by atoms with Crippen LogP contribution in [0.4, 0.5) is 5.69 Å². The maximum atomic E-state index is 12.5. The third-order valence-corrected chi connectivity index (χ3v) is 4.37. The van der Waals surface area contributed by atoms with Gasteiger partial charge in [-0.3, -0.25) is 9.59 Å². The number of para-hydroxylation sites is 1. The second-order valence-corrected chi connectivity index (χ2v) is 5.47. The number of hydrogen-bond donors (Lipinski definition) is 1. The second kappa shape index (κ2) is 3.51. The summed E-state index contributed by atoms with van der Waals surface area (Å²) in [5, 5.41) is 6.45. The minimum atomic E-state index is -0.232. The van der Waals surface area contributed by atoms with Crippen LogP contribution in [0.1, 0.15) is 32.3 Å². The lowest BCUT2D eigenvalue weighted by Crippen LogP contribution is -2.38. The van der Waals surface area contributed by atoms with Crippen LogP contribution in [0.15, 0.2) is 48.5 Å². The molecule has 2 aromatic rings. The van der Waals surface area contributed by atoms with Gasteiger partial charge < -0.3 is 5.32 Å². The Morgan fingerprint density at radius 2 is 1.48 bits per heavy atom. The van der Waals surface area contributed by atoms with E-state index in [1.807, 2.05) is 29.3 Å². The van der Waals surface area contributed by atoms with Crippen LogP contribution in [-0.2, 0) is 0 Å². The molecule has 2 aromatic carbocycles. The fraction of sp³-hybridized carbons (Fsp3) is 0.125. The number of carbonyl (C=O) groups excluding carboxylic acids is 2. The first kappa shape index (κ1) is 11.0. The number of nitrogens with zero attached hydrogens (tertiary/aromatic N) is 2. The molecule has 102 valence electrons. The van der Waals surface area contributed by atoms with Crippen LogP contribution in [-0.4, -0.2) is 28.0 Å². The summed E-state index contributed by atoms with van der Waals surface area (Å²) in [6, 6.07) is 15.0. The topological polar surface area (TPSA) is 52.4 Å². The van der Waals surface area contributed by atoms with E-state index in [1.165, 1.54) is 5.01 Å². The van der Waals surface area contributed by atoms with Crippen molar-refractivity contribution in [1.29, 1.82) is 0 Å². The van der Waals surface area contributed by atoms with Crippen LogP contribution in [0.25, 0.3) is 0 Å². The molecule has 0 saturated carbocycles. The zero-order chi connectivity index (χ0) is 14.1. The van der Waals surface area contributed by atoms with E-state index >= 15 is 0 Å². The van der Waals surface area contributed by atoms with E-state index in [1.54, 1.807) is 24.3 Å². The first-order valence-corrected chi connectivity index (χ1v) is 6.89. The van der Waals surface area contributed by atoms with Crippen LogP contribution in [0.5, 0.6) is 0 Å². The number of rotatable bonds is 1. The lowest BCUT2D eigenvalue weighted by Gasteiger charge is -2.19. The average Bonchev–Trinajstić information content (AvgIpc) is 2.96. The minimum Gasteiger partial charge on any atom is -0.366 e. The molecule has 3 heterocycles. The van der Waals surface area contributed by atoms with E-state index in [0.29, 0.717) is 11.1 Å². The number of anilines is 1. The normalized spacial score (nSPS) is 28.0. The van der Waals surface area contributed by atoms with E-state index in [0.717, 1.165) is 11.3 Å². The summed E-state index contributed by atoms with van der Waals surface area (Å²) in [4.78, 5) is 24.9. The Balaban J connectivity index is 1.53. The van der Waals surface area contributed by atoms with Gasteiger partial charge in [-0.1, -0.05) is 30.3 Å². The molecule has 0 spiro atoms. The van der Waals surface area contributed by atoms with Gasteiger partial charge in [-0.15, -0.1) is 0 Å². The molecule has 0 aromatic heterocycles. The van der Waals surface area contributed by atoms with E-state index < -0.39 is 0 Å². The van der Waals surface area contributed by atoms with Crippen molar-refractivity contribution in [3.8, 4) is 0 Å². The minimum absolute atomic E-state index is 0.00427. The summed E-state index contributed by atoms with van der Waals surface area (Å²) in [7, 11) is 0. The zero-order valence-corrected chi connectivity index (χ0v) is 11.0. The van der Waals surface area contributed by atoms with Gasteiger partial charge in [-0.2, -0.15) is 10.0 Å². The molecule has 0 aliphatic carbocycles. The molecule has 0 radical (unpaired) electrons. The lowest BCUT2D eigenvalue weighted by atomic mass is 10.1. The van der Waals surface area contributed by atoms with Gasteiger partial charge >= 0.3 is 0 Å². The molecule has 3 aliphatic rings. The van der Waals surface area contributed by atoms with Crippen LogP contribution in [0.2, 0.25) is 0 Å². The third-order valence-electron chi connectivity index (χ3n) is 4.37. The summed E-state index contributed by atoms with van der Waals surface area (Å²) >= 11 is 0. The van der Waals surface area contributed by atoms with Gasteiger partial charge in [0.1, 0.15) is 6.17 Å². The highest BCUT2D eigenvalue weighted by Gasteiger charge is 2.61. The highest BCUT2D eigenvalue weighted by atomic mass is 16.2. The Kier molecular flexibility index (Phi) is 1.84. The Bertz CT molecular complexity index is 782. The molecule has 0 bridgehead atoms. The van der Waals surface area contributed by atoms with Crippen LogP contribution in [0.3, 0.4) is 0 Å². The molecule has 5 nitrogen and oxygen atoms in total. The van der Waals surface area contributed by atoms with E-state index in [4.69, 9.17) is 0 Å². The first-order chi connectivity index (χ1) is 10.3. The van der Waals surface area contributed by atoms with Crippen molar-refractivity contribution in [2.75, 3.05) is 5.32 Å². The number of amides is 2. The number of nitrogens with one attached hydrogen (secondary N) is 1. The number of benzene rings is 2. The first-order valence-electron chi connectivity index (χ1n) is 6.89. The predicted octanol–water partition coefficient (Wildman–Crippen LogP) is 2.01. The van der Waals surface area contributed by atoms with Crippen LogP contribution >= 0.6 is 0 Å². The summed E-state index contributed by atoms with van der Waals surface area (Å²) in [5.41, 5.74) is 3.20. The fourth-order valence-corrected chi connectivity index (χ4v) is 3.36. The molecule has 1 N–H and O–H groups in total. The van der Waals surface area contributed by atoms with Crippen molar-refractivity contribution in [3.63, 3.8) is 0 Å². The van der Waals surface area contributed by atoms with Crippen molar-refractivity contribution in [2.45, 2.75) is 12.2 Å². The van der Waals surface area contributed by atoms with Gasteiger partial charge in [0.2, 0.25) is 0 Å². The maximum absolute atomic E-state index is 12.5. The zero-order valence-electron chi connectivity index (χ0n) is 11.0. The monoisotopic (exact) mass is 277 g/mol. The molecule has 21 heavy (non-hydrogen) atoms. The van der Waals surface area contributed by atoms with Gasteiger partial charge in [0, 0.05) is 5.69 Å². The molecule has 5 heteroatoms. The smallest absolute Gasteiger partial charge is 0.276 e. The third kappa shape index (κ3) is 1.24. The number of hydrogen-bond acceptors (Lipinski definition) is 4. The van der Waals surface area contributed by atoms with Gasteiger partial charge in [-0.05, 0) is 23.8 Å². The highest BCUT2D eigenvalue weighted by molar-refractivity contribution is 6.21. The Hall–Kier alpha value is -2.66. The van der Waals surface area contributed by atoms with Crippen molar-refractivity contribution >= 4 is 17.5 Å². The Labute approximate surface area is 120 Å². The molecule has 5 rings (SSSR count). The van der Waals surface area contributed by atoms with Gasteiger partial charge in [0.25, 0.3) is 11.8 Å². The molecule has 3 atom stereocenters. The van der Waals surface area contributed by atoms with Crippen LogP contribution in [0, 0.1) is 0 Å². The Morgan fingerprint density at radius 1 is 0.857 bits per heavy atom. The van der Waals surface area contributed by atoms with Gasteiger partial charge in [-0.25, -0.2) is 0 Å². The number of hydrazine groups is 1.